The summed E-state index contributed by atoms with van der Waals surface area (Å²) in [6.07, 6.45) is 5.06. The minimum Gasteiger partial charge on any atom is -0.396 e. The van der Waals surface area contributed by atoms with Crippen LogP contribution in [0.15, 0.2) is 24.7 Å². The SMILES string of the molecule is CC1(C)CN(c2cc[n+]3c(n2)c(C(N)=O)cn3-c2cn(C3CCC(CO)CC3)nc2C(F)F)CCO1. The number of nitrogens with zero attached hydrogens (tertiary/aromatic N) is 6. The van der Waals surface area contributed by atoms with Crippen LogP contribution in [-0.4, -0.2) is 62.4 Å². The van der Waals surface area contributed by atoms with Crippen molar-refractivity contribution in [2.45, 2.75) is 57.6 Å². The lowest BCUT2D eigenvalue weighted by molar-refractivity contribution is -0.600. The van der Waals surface area contributed by atoms with Crippen molar-refractivity contribution in [3.05, 3.63) is 35.9 Å². The van der Waals surface area contributed by atoms with Crippen molar-refractivity contribution in [2.75, 3.05) is 31.2 Å². The summed E-state index contributed by atoms with van der Waals surface area (Å²) < 4.78 is 38.6. The Morgan fingerprint density at radius 1 is 1.31 bits per heavy atom. The summed E-state index contributed by atoms with van der Waals surface area (Å²) in [5.74, 6) is 0.189. The fourth-order valence-electron chi connectivity index (χ4n) is 5.26. The number of halogens is 2. The number of amides is 1. The molecule has 0 atom stereocenters. The number of nitrogens with two attached hydrogens (primary N) is 1. The van der Waals surface area contributed by atoms with Gasteiger partial charge in [-0.1, -0.05) is 0 Å². The van der Waals surface area contributed by atoms with Gasteiger partial charge in [-0.3, -0.25) is 9.48 Å². The highest BCUT2D eigenvalue weighted by molar-refractivity contribution is 5.97. The third-order valence-corrected chi connectivity index (χ3v) is 7.18. The summed E-state index contributed by atoms with van der Waals surface area (Å²) in [6.45, 7) is 5.93. The molecule has 1 aliphatic carbocycles. The second-order valence-electron chi connectivity index (χ2n) is 10.3. The average Bonchev–Trinajstić information content (AvgIpc) is 3.45. The molecule has 1 amide bonds. The van der Waals surface area contributed by atoms with E-state index >= 15 is 0 Å². The van der Waals surface area contributed by atoms with Crippen molar-refractivity contribution in [1.29, 1.82) is 0 Å². The Balaban J connectivity index is 1.56. The highest BCUT2D eigenvalue weighted by Gasteiger charge is 2.33. The molecule has 0 spiro atoms. The fraction of sp³-hybridized carbons (Fsp3) is 0.583. The summed E-state index contributed by atoms with van der Waals surface area (Å²) in [5.41, 5.74) is 5.50. The molecule has 3 N–H and O–H groups in total. The number of aromatic nitrogens is 5. The minimum absolute atomic E-state index is 0.0316. The number of rotatable bonds is 6. The Labute approximate surface area is 207 Å². The summed E-state index contributed by atoms with van der Waals surface area (Å²) in [4.78, 5) is 19.1. The van der Waals surface area contributed by atoms with Gasteiger partial charge in [0.1, 0.15) is 11.9 Å². The van der Waals surface area contributed by atoms with Crippen molar-refractivity contribution in [3.63, 3.8) is 0 Å². The van der Waals surface area contributed by atoms with E-state index < -0.39 is 12.3 Å². The van der Waals surface area contributed by atoms with E-state index in [1.165, 1.54) is 10.9 Å². The van der Waals surface area contributed by atoms with E-state index in [1.54, 1.807) is 27.7 Å². The van der Waals surface area contributed by atoms with Crippen LogP contribution in [0.4, 0.5) is 14.6 Å². The average molecular weight is 505 g/mol. The standard InChI is InChI=1S/C24H31F2N7O3/c1-24(2)14-30(9-10-36-24)19-7-8-32-23(28-19)17(22(27)35)11-33(32)18-12-31(29-20(18)21(25)26)16-5-3-15(13-34)4-6-16/h7-8,11-12,15-16,21,34H,3-6,9-10,13-14H2,1-2H3,(H-,27,35)/p+1. The Hall–Kier alpha value is -3.12. The van der Waals surface area contributed by atoms with E-state index in [0.717, 1.165) is 25.7 Å². The van der Waals surface area contributed by atoms with Gasteiger partial charge < -0.3 is 20.5 Å². The predicted molar refractivity (Wildman–Crippen MR) is 126 cm³/mol. The number of hydrogen-bond acceptors (Lipinski definition) is 6. The van der Waals surface area contributed by atoms with Crippen LogP contribution in [0.25, 0.3) is 11.3 Å². The Kier molecular flexibility index (Phi) is 6.41. The molecular weight excluding hydrogens is 472 g/mol. The zero-order valence-electron chi connectivity index (χ0n) is 20.5. The van der Waals surface area contributed by atoms with Crippen molar-refractivity contribution in [1.82, 2.24) is 19.4 Å². The zero-order valence-corrected chi connectivity index (χ0v) is 20.5. The molecule has 0 unspecified atom stereocenters. The summed E-state index contributed by atoms with van der Waals surface area (Å²) in [7, 11) is 0. The minimum atomic E-state index is -2.81. The first-order valence-electron chi connectivity index (χ1n) is 12.3. The lowest BCUT2D eigenvalue weighted by atomic mass is 9.87. The summed E-state index contributed by atoms with van der Waals surface area (Å²) >= 11 is 0. The zero-order chi connectivity index (χ0) is 25.6. The molecule has 3 aromatic rings. The van der Waals surface area contributed by atoms with E-state index in [1.807, 2.05) is 13.8 Å². The van der Waals surface area contributed by atoms with Crippen LogP contribution >= 0.6 is 0 Å². The van der Waals surface area contributed by atoms with Crippen molar-refractivity contribution in [3.8, 4) is 5.69 Å². The topological polar surface area (TPSA) is 116 Å². The predicted octanol–water partition coefficient (Wildman–Crippen LogP) is 2.18. The van der Waals surface area contributed by atoms with Gasteiger partial charge in [-0.15, -0.1) is 4.52 Å². The largest absolute Gasteiger partial charge is 0.396 e. The first-order chi connectivity index (χ1) is 17.2. The van der Waals surface area contributed by atoms with Crippen molar-refractivity contribution in [2.24, 2.45) is 11.7 Å². The van der Waals surface area contributed by atoms with E-state index in [-0.39, 0.29) is 46.8 Å². The van der Waals surface area contributed by atoms with Gasteiger partial charge in [0.2, 0.25) is 5.82 Å². The first kappa shape index (κ1) is 24.6. The number of aliphatic hydroxyl groups is 1. The summed E-state index contributed by atoms with van der Waals surface area (Å²) in [6, 6.07) is 1.76. The van der Waals surface area contributed by atoms with Crippen molar-refractivity contribution >= 4 is 17.4 Å². The number of fused-ring (bicyclic) bond motifs is 1. The van der Waals surface area contributed by atoms with Gasteiger partial charge in [-0.2, -0.15) is 9.78 Å². The maximum Gasteiger partial charge on any atom is 0.363 e. The number of alkyl halides is 2. The maximum atomic E-state index is 14.1. The van der Waals surface area contributed by atoms with Crippen molar-refractivity contribution < 1.29 is 27.9 Å². The van der Waals surface area contributed by atoms with Crippen LogP contribution in [0.3, 0.4) is 0 Å². The van der Waals surface area contributed by atoms with Gasteiger partial charge in [-0.25, -0.2) is 8.78 Å². The summed E-state index contributed by atoms with van der Waals surface area (Å²) in [5, 5.41) is 13.7. The molecule has 1 saturated heterocycles. The Bertz CT molecular complexity index is 1260. The molecule has 4 heterocycles. The Morgan fingerprint density at radius 3 is 2.69 bits per heavy atom. The molecular formula is C24H32F2N7O3+. The first-order valence-corrected chi connectivity index (χ1v) is 12.3. The van der Waals surface area contributed by atoms with E-state index in [2.05, 4.69) is 10.00 Å². The van der Waals surface area contributed by atoms with Gasteiger partial charge in [0.25, 0.3) is 12.3 Å². The highest BCUT2D eigenvalue weighted by atomic mass is 19.3. The fourth-order valence-corrected chi connectivity index (χ4v) is 5.26. The van der Waals surface area contributed by atoms with Crippen LogP contribution in [-0.2, 0) is 4.74 Å². The smallest absolute Gasteiger partial charge is 0.363 e. The molecule has 1 saturated carbocycles. The number of carbonyl (C=O) groups excluding carboxylic acids is 1. The number of aliphatic hydroxyl groups excluding tert-OH is 1. The molecule has 0 radical (unpaired) electrons. The second-order valence-corrected chi connectivity index (χ2v) is 10.3. The van der Waals surface area contributed by atoms with E-state index in [4.69, 9.17) is 15.5 Å². The molecule has 36 heavy (non-hydrogen) atoms. The molecule has 1 aliphatic heterocycles. The number of primary amides is 1. The molecule has 2 aliphatic rings. The molecule has 10 nitrogen and oxygen atoms in total. The van der Waals surface area contributed by atoms with Crippen LogP contribution < -0.4 is 15.1 Å². The molecule has 194 valence electrons. The van der Waals surface area contributed by atoms with Gasteiger partial charge in [0.15, 0.2) is 11.3 Å². The van der Waals surface area contributed by atoms with E-state index in [9.17, 15) is 18.7 Å². The molecule has 3 aromatic heterocycles. The highest BCUT2D eigenvalue weighted by Crippen LogP contribution is 2.34. The number of hydrogen-bond donors (Lipinski definition) is 2. The Morgan fingerprint density at radius 2 is 2.06 bits per heavy atom. The van der Waals surface area contributed by atoms with Gasteiger partial charge in [0.05, 0.1) is 30.6 Å². The van der Waals surface area contributed by atoms with Crippen LogP contribution in [0.2, 0.25) is 0 Å². The maximum absolute atomic E-state index is 14.1. The van der Waals surface area contributed by atoms with Crippen LogP contribution in [0.1, 0.15) is 68.0 Å². The van der Waals surface area contributed by atoms with E-state index in [0.29, 0.717) is 25.5 Å². The quantitative estimate of drug-likeness (QED) is 0.498. The monoisotopic (exact) mass is 504 g/mol. The van der Waals surface area contributed by atoms with Gasteiger partial charge >= 0.3 is 5.65 Å². The molecule has 12 heteroatoms. The number of carbonyl (C=O) groups is 1. The number of ether oxygens (including phenoxy) is 1. The third kappa shape index (κ3) is 4.55. The number of morpholine rings is 1. The normalized spacial score (nSPS) is 22.4. The van der Waals surface area contributed by atoms with Crippen LogP contribution in [0.5, 0.6) is 0 Å². The molecule has 2 fully saturated rings. The molecule has 5 rings (SSSR count). The third-order valence-electron chi connectivity index (χ3n) is 7.18. The lowest BCUT2D eigenvalue weighted by Gasteiger charge is -2.37. The van der Waals surface area contributed by atoms with Crippen LogP contribution in [0, 0.1) is 5.92 Å². The number of anilines is 1. The lowest BCUT2D eigenvalue weighted by Crippen LogP contribution is -2.49. The van der Waals surface area contributed by atoms with Gasteiger partial charge in [0, 0.05) is 25.8 Å². The molecule has 0 bridgehead atoms. The van der Waals surface area contributed by atoms with Gasteiger partial charge in [-0.05, 0) is 50.4 Å². The second kappa shape index (κ2) is 9.40. The molecule has 0 aromatic carbocycles.